The van der Waals surface area contributed by atoms with E-state index >= 15 is 0 Å². The van der Waals surface area contributed by atoms with Gasteiger partial charge in [0.15, 0.2) is 0 Å². The zero-order chi connectivity index (χ0) is 13.3. The monoisotopic (exact) mass is 306 g/mol. The summed E-state index contributed by atoms with van der Waals surface area (Å²) in [5.74, 6) is 0.00261. The summed E-state index contributed by atoms with van der Waals surface area (Å²) in [6, 6.07) is 8.01. The molecule has 0 aliphatic carbocycles. The van der Waals surface area contributed by atoms with Crippen molar-refractivity contribution in [2.75, 3.05) is 0 Å². The average Bonchev–Trinajstić information content (AvgIpc) is 2.66. The Morgan fingerprint density at radius 1 is 1.39 bits per heavy atom. The molecule has 0 saturated carbocycles. The van der Waals surface area contributed by atoms with E-state index in [9.17, 15) is 5.11 Å². The first-order valence-corrected chi connectivity index (χ1v) is 6.44. The topological polar surface area (TPSA) is 38.0 Å². The zero-order valence-electron chi connectivity index (χ0n) is 10.4. The molecule has 0 aliphatic heterocycles. The summed E-state index contributed by atoms with van der Waals surface area (Å²) in [6.45, 7) is 8.22. The molecule has 0 bridgehead atoms. The molecule has 0 radical (unpaired) electrons. The summed E-state index contributed by atoms with van der Waals surface area (Å²) < 4.78 is 2.92. The van der Waals surface area contributed by atoms with Crippen LogP contribution in [0.4, 0.5) is 0 Å². The van der Waals surface area contributed by atoms with E-state index in [-0.39, 0.29) is 5.76 Å². The van der Waals surface area contributed by atoms with Gasteiger partial charge < -0.3 is 5.11 Å². The number of rotatable bonds is 3. The lowest BCUT2D eigenvalue weighted by Crippen LogP contribution is -2.05. The minimum atomic E-state index is 0.00261. The lowest BCUT2D eigenvalue weighted by Gasteiger charge is -2.08. The van der Waals surface area contributed by atoms with Crippen molar-refractivity contribution in [3.8, 4) is 0 Å². The number of aliphatic hydroxyl groups is 1. The maximum atomic E-state index is 9.35. The highest BCUT2D eigenvalue weighted by Gasteiger charge is 2.08. The normalized spacial score (nSPS) is 10.6. The Bertz CT molecular complexity index is 602. The van der Waals surface area contributed by atoms with Gasteiger partial charge >= 0.3 is 0 Å². The van der Waals surface area contributed by atoms with Gasteiger partial charge in [-0.2, -0.15) is 5.10 Å². The highest BCUT2D eigenvalue weighted by molar-refractivity contribution is 9.10. The van der Waals surface area contributed by atoms with Crippen molar-refractivity contribution < 1.29 is 5.11 Å². The van der Waals surface area contributed by atoms with Crippen molar-refractivity contribution in [1.29, 1.82) is 0 Å². The summed E-state index contributed by atoms with van der Waals surface area (Å²) in [5.41, 5.74) is 3.95. The number of aliphatic hydroxyl groups excluding tert-OH is 1. The molecule has 4 heteroatoms. The van der Waals surface area contributed by atoms with Gasteiger partial charge in [0.2, 0.25) is 0 Å². The fraction of sp³-hybridized carbons (Fsp3) is 0.214. The van der Waals surface area contributed by atoms with Crippen LogP contribution in [0.1, 0.15) is 22.5 Å². The quantitative estimate of drug-likeness (QED) is 0.875. The van der Waals surface area contributed by atoms with Crippen molar-refractivity contribution in [1.82, 2.24) is 9.78 Å². The molecule has 0 saturated heterocycles. The fourth-order valence-electron chi connectivity index (χ4n) is 1.78. The predicted octanol–water partition coefficient (Wildman–Crippen LogP) is 3.84. The third kappa shape index (κ3) is 2.64. The number of aryl methyl sites for hydroxylation is 2. The van der Waals surface area contributed by atoms with Crippen molar-refractivity contribution in [3.63, 3.8) is 0 Å². The minimum absolute atomic E-state index is 0.00261. The predicted molar refractivity (Wildman–Crippen MR) is 76.6 cm³/mol. The van der Waals surface area contributed by atoms with Crippen LogP contribution in [0.15, 0.2) is 35.3 Å². The van der Waals surface area contributed by atoms with Crippen LogP contribution < -0.4 is 0 Å². The third-order valence-electron chi connectivity index (χ3n) is 2.91. The van der Waals surface area contributed by atoms with E-state index in [1.165, 1.54) is 11.1 Å². The van der Waals surface area contributed by atoms with Crippen molar-refractivity contribution in [2.24, 2.45) is 0 Å². The van der Waals surface area contributed by atoms with E-state index in [0.29, 0.717) is 12.2 Å². The molecule has 1 aromatic carbocycles. The molecule has 0 amide bonds. The highest BCUT2D eigenvalue weighted by atomic mass is 79.9. The molecule has 2 rings (SSSR count). The molecule has 0 aliphatic rings. The molecule has 0 unspecified atom stereocenters. The average molecular weight is 307 g/mol. The first-order chi connectivity index (χ1) is 8.47. The van der Waals surface area contributed by atoms with Gasteiger partial charge in [0, 0.05) is 10.2 Å². The van der Waals surface area contributed by atoms with Crippen LogP contribution >= 0.6 is 15.9 Å². The molecule has 0 atom stereocenters. The van der Waals surface area contributed by atoms with Gasteiger partial charge in [0.25, 0.3) is 0 Å². The molecule has 1 heterocycles. The molecular weight excluding hydrogens is 292 g/mol. The molecule has 1 N–H and O–H groups in total. The van der Waals surface area contributed by atoms with Gasteiger partial charge in [-0.3, -0.25) is 4.68 Å². The van der Waals surface area contributed by atoms with Crippen LogP contribution in [0.25, 0.3) is 5.76 Å². The number of aromatic nitrogens is 2. The zero-order valence-corrected chi connectivity index (χ0v) is 12.0. The molecule has 3 nitrogen and oxygen atoms in total. The van der Waals surface area contributed by atoms with Crippen LogP contribution in [0.5, 0.6) is 0 Å². The van der Waals surface area contributed by atoms with Gasteiger partial charge in [-0.1, -0.05) is 28.6 Å². The Labute approximate surface area is 115 Å². The van der Waals surface area contributed by atoms with Crippen molar-refractivity contribution in [2.45, 2.75) is 20.4 Å². The van der Waals surface area contributed by atoms with E-state index in [1.807, 2.05) is 23.7 Å². The van der Waals surface area contributed by atoms with Gasteiger partial charge in [-0.25, -0.2) is 0 Å². The minimum Gasteiger partial charge on any atom is -0.506 e. The van der Waals surface area contributed by atoms with E-state index in [1.54, 1.807) is 0 Å². The lowest BCUT2D eigenvalue weighted by molar-refractivity contribution is 0.507. The van der Waals surface area contributed by atoms with Crippen LogP contribution in [-0.4, -0.2) is 14.9 Å². The van der Waals surface area contributed by atoms with Crippen LogP contribution in [0.2, 0.25) is 0 Å². The first-order valence-electron chi connectivity index (χ1n) is 5.65. The van der Waals surface area contributed by atoms with Gasteiger partial charge in [-0.05, 0) is 43.2 Å². The summed E-state index contributed by atoms with van der Waals surface area (Å²) in [5, 5.41) is 13.7. The highest BCUT2D eigenvalue weighted by Crippen LogP contribution is 2.18. The largest absolute Gasteiger partial charge is 0.506 e. The smallest absolute Gasteiger partial charge is 0.135 e. The van der Waals surface area contributed by atoms with E-state index < -0.39 is 0 Å². The van der Waals surface area contributed by atoms with Gasteiger partial charge in [0.05, 0.1) is 6.54 Å². The Morgan fingerprint density at radius 2 is 2.11 bits per heavy atom. The summed E-state index contributed by atoms with van der Waals surface area (Å²) in [4.78, 5) is 0. The van der Waals surface area contributed by atoms with Crippen molar-refractivity contribution >= 4 is 21.7 Å². The molecular formula is C14H15BrN2O. The van der Waals surface area contributed by atoms with Crippen LogP contribution in [0, 0.1) is 13.8 Å². The second kappa shape index (κ2) is 4.98. The van der Waals surface area contributed by atoms with Crippen LogP contribution in [-0.2, 0) is 6.54 Å². The second-order valence-corrected chi connectivity index (χ2v) is 5.26. The SMILES string of the molecule is C=C(O)c1cc(C)n(Cc2cc(Br)ccc2C)n1. The third-order valence-corrected chi connectivity index (χ3v) is 3.40. The van der Waals surface area contributed by atoms with Crippen LogP contribution in [0.3, 0.4) is 0 Å². The van der Waals surface area contributed by atoms with Gasteiger partial charge in [-0.15, -0.1) is 0 Å². The summed E-state index contributed by atoms with van der Waals surface area (Å²) in [6.07, 6.45) is 0. The Kier molecular flexibility index (Phi) is 3.57. The molecule has 0 fully saturated rings. The fourth-order valence-corrected chi connectivity index (χ4v) is 2.19. The molecule has 1 aromatic heterocycles. The molecule has 18 heavy (non-hydrogen) atoms. The number of benzene rings is 1. The first kappa shape index (κ1) is 12.9. The summed E-state index contributed by atoms with van der Waals surface area (Å²) >= 11 is 3.47. The Balaban J connectivity index is 2.34. The van der Waals surface area contributed by atoms with E-state index in [0.717, 1.165) is 10.2 Å². The van der Waals surface area contributed by atoms with Gasteiger partial charge in [0.1, 0.15) is 11.5 Å². The lowest BCUT2D eigenvalue weighted by atomic mass is 10.1. The Morgan fingerprint density at radius 3 is 2.72 bits per heavy atom. The summed E-state index contributed by atoms with van der Waals surface area (Å²) in [7, 11) is 0. The van der Waals surface area contributed by atoms with E-state index in [4.69, 9.17) is 0 Å². The Hall–Kier alpha value is -1.55. The maximum Gasteiger partial charge on any atom is 0.135 e. The second-order valence-electron chi connectivity index (χ2n) is 4.35. The number of hydrogen-bond acceptors (Lipinski definition) is 2. The molecule has 0 spiro atoms. The number of hydrogen-bond donors (Lipinski definition) is 1. The van der Waals surface area contributed by atoms with Crippen molar-refractivity contribution in [3.05, 3.63) is 57.8 Å². The number of nitrogens with zero attached hydrogens (tertiary/aromatic N) is 2. The standard InChI is InChI=1S/C14H15BrN2O/c1-9-4-5-13(15)7-12(9)8-17-10(2)6-14(16-17)11(3)18/h4-7,18H,3,8H2,1-2H3. The molecule has 2 aromatic rings. The van der Waals surface area contributed by atoms with E-state index in [2.05, 4.69) is 46.7 Å². The molecule has 94 valence electrons. The number of halogens is 1. The maximum absolute atomic E-state index is 9.35.